The molecule has 1 spiro atoms. The van der Waals surface area contributed by atoms with E-state index in [-0.39, 0.29) is 23.2 Å². The number of hydrogen-bond acceptors (Lipinski definition) is 6. The number of carbonyl (C=O) groups excluding carboxylic acids is 1. The van der Waals surface area contributed by atoms with Crippen molar-refractivity contribution in [3.05, 3.63) is 53.1 Å². The number of nitrogens with zero attached hydrogens (tertiary/aromatic N) is 2. The molecule has 0 amide bonds. The van der Waals surface area contributed by atoms with Crippen molar-refractivity contribution in [3.63, 3.8) is 0 Å². The van der Waals surface area contributed by atoms with Crippen LogP contribution in [0.1, 0.15) is 95.2 Å². The molecule has 0 radical (unpaired) electrons. The Morgan fingerprint density at radius 3 is 2.66 bits per heavy atom. The van der Waals surface area contributed by atoms with Crippen LogP contribution in [0.4, 0.5) is 0 Å². The normalized spacial score (nSPS) is 28.7. The van der Waals surface area contributed by atoms with E-state index in [1.807, 2.05) is 0 Å². The molecule has 7 rings (SSSR count). The SMILES string of the molecule is CC(=O)Oc1cc(O)c2c3c1O[C@H]1[C@H](N(CCCCCCc4ccccc4)CC(C)C)CC[C@H]4[C@@H](C2)N(CC2CC2)CC[C@@]341. The third kappa shape index (κ3) is 5.55. The van der Waals surface area contributed by atoms with Crippen LogP contribution < -0.4 is 9.47 Å². The molecule has 2 heterocycles. The first-order valence-electron chi connectivity index (χ1n) is 17.6. The predicted octanol–water partition coefficient (Wildman–Crippen LogP) is 6.90. The average molecular weight is 601 g/mol. The molecule has 6 nitrogen and oxygen atoms in total. The summed E-state index contributed by atoms with van der Waals surface area (Å²) in [5, 5.41) is 11.4. The minimum absolute atomic E-state index is 0.0220. The zero-order chi connectivity index (χ0) is 30.4. The first-order chi connectivity index (χ1) is 21.3. The molecule has 6 heteroatoms. The Labute approximate surface area is 264 Å². The van der Waals surface area contributed by atoms with Crippen molar-refractivity contribution in [2.75, 3.05) is 26.2 Å². The number of rotatable bonds is 13. The Hall–Kier alpha value is -2.57. The van der Waals surface area contributed by atoms with E-state index in [1.54, 1.807) is 6.07 Å². The highest BCUT2D eigenvalue weighted by molar-refractivity contribution is 5.73. The summed E-state index contributed by atoms with van der Waals surface area (Å²) in [6.07, 6.45) is 13.1. The lowest BCUT2D eigenvalue weighted by molar-refractivity contribution is -0.132. The van der Waals surface area contributed by atoms with Gasteiger partial charge in [-0.1, -0.05) is 57.0 Å². The summed E-state index contributed by atoms with van der Waals surface area (Å²) in [5.74, 6) is 2.99. The number of ether oxygens (including phenoxy) is 2. The fraction of sp³-hybridized carbons (Fsp3) is 0.658. The average Bonchev–Trinajstić information content (AvgIpc) is 3.75. The van der Waals surface area contributed by atoms with Gasteiger partial charge in [-0.2, -0.15) is 0 Å². The molecule has 1 saturated heterocycles. The maximum atomic E-state index is 12.2. The van der Waals surface area contributed by atoms with Gasteiger partial charge in [0.25, 0.3) is 0 Å². The standard InChI is InChI=1S/C38H52N2O4/c1-25(2)23-39(19-10-5-4-7-11-27-12-8-6-9-13-27)31-17-16-30-32-21-29-33(42)22-34(43-26(3)41)36-35(29)38(30,37(31)44-36)18-20-40(32)24-28-14-15-28/h6,8-9,12-13,22,25,28,30-32,37,42H,4-5,7,10-11,14-21,23-24H2,1-3H3/t30-,31+,32+,37-,38-/m0/s1. The minimum atomic E-state index is -0.369. The van der Waals surface area contributed by atoms with Crippen molar-refractivity contribution in [3.8, 4) is 17.2 Å². The van der Waals surface area contributed by atoms with Crippen LogP contribution in [0.15, 0.2) is 36.4 Å². The van der Waals surface area contributed by atoms with Gasteiger partial charge in [-0.05, 0) is 94.2 Å². The number of hydrogen-bond donors (Lipinski definition) is 1. The van der Waals surface area contributed by atoms with Crippen LogP contribution in [-0.2, 0) is 23.1 Å². The minimum Gasteiger partial charge on any atom is -0.508 e. The summed E-state index contributed by atoms with van der Waals surface area (Å²) < 4.78 is 12.8. The van der Waals surface area contributed by atoms with Crippen molar-refractivity contribution in [2.24, 2.45) is 17.8 Å². The number of carbonyl (C=O) groups is 1. The second-order valence-electron chi connectivity index (χ2n) is 15.0. The van der Waals surface area contributed by atoms with Gasteiger partial charge in [-0.25, -0.2) is 0 Å². The number of phenols is 1. The molecule has 5 aliphatic rings. The summed E-state index contributed by atoms with van der Waals surface area (Å²) in [6, 6.07) is 13.3. The molecular formula is C38H52N2O4. The molecule has 2 aliphatic heterocycles. The Morgan fingerprint density at radius 1 is 1.11 bits per heavy atom. The number of aryl methyl sites for hydroxylation is 1. The third-order valence-corrected chi connectivity index (χ3v) is 11.5. The van der Waals surface area contributed by atoms with Gasteiger partial charge in [-0.15, -0.1) is 0 Å². The highest BCUT2D eigenvalue weighted by Crippen LogP contribution is 2.66. The highest BCUT2D eigenvalue weighted by Gasteiger charge is 2.67. The molecule has 44 heavy (non-hydrogen) atoms. The van der Waals surface area contributed by atoms with Crippen LogP contribution in [0.2, 0.25) is 0 Å². The van der Waals surface area contributed by atoms with Crippen molar-refractivity contribution in [1.29, 1.82) is 0 Å². The van der Waals surface area contributed by atoms with Crippen molar-refractivity contribution < 1.29 is 19.4 Å². The molecular weight excluding hydrogens is 548 g/mol. The number of likely N-dealkylation sites (tertiary alicyclic amines) is 1. The monoisotopic (exact) mass is 600 g/mol. The van der Waals surface area contributed by atoms with Crippen LogP contribution in [-0.4, -0.2) is 65.2 Å². The van der Waals surface area contributed by atoms with Gasteiger partial charge >= 0.3 is 5.97 Å². The van der Waals surface area contributed by atoms with Crippen LogP contribution in [0.3, 0.4) is 0 Å². The second-order valence-corrected chi connectivity index (χ2v) is 15.0. The first-order valence-corrected chi connectivity index (χ1v) is 17.6. The van der Waals surface area contributed by atoms with Gasteiger partial charge in [0, 0.05) is 54.7 Å². The molecule has 3 aliphatic carbocycles. The van der Waals surface area contributed by atoms with Crippen molar-refractivity contribution in [1.82, 2.24) is 9.80 Å². The Balaban J connectivity index is 1.14. The third-order valence-electron chi connectivity index (χ3n) is 11.5. The van der Waals surface area contributed by atoms with E-state index in [4.69, 9.17) is 9.47 Å². The number of benzene rings is 2. The summed E-state index contributed by atoms with van der Waals surface area (Å²) in [6.45, 7) is 10.6. The molecule has 1 N–H and O–H groups in total. The number of unbranched alkanes of at least 4 members (excludes halogenated alkanes) is 3. The van der Waals surface area contributed by atoms with Crippen LogP contribution >= 0.6 is 0 Å². The molecule has 2 saturated carbocycles. The fourth-order valence-electron chi connectivity index (χ4n) is 9.62. The van der Waals surface area contributed by atoms with Gasteiger partial charge in [0.1, 0.15) is 11.9 Å². The smallest absolute Gasteiger partial charge is 0.308 e. The Morgan fingerprint density at radius 2 is 1.91 bits per heavy atom. The van der Waals surface area contributed by atoms with Crippen molar-refractivity contribution in [2.45, 2.75) is 115 Å². The molecule has 238 valence electrons. The van der Waals surface area contributed by atoms with E-state index in [2.05, 4.69) is 54.0 Å². The number of phenolic OH excluding ortho intramolecular Hbond substituents is 1. The van der Waals surface area contributed by atoms with Crippen LogP contribution in [0.25, 0.3) is 0 Å². The Kier molecular flexibility index (Phi) is 8.43. The summed E-state index contributed by atoms with van der Waals surface area (Å²) in [5.41, 5.74) is 3.54. The lowest BCUT2D eigenvalue weighted by atomic mass is 9.50. The van der Waals surface area contributed by atoms with Crippen LogP contribution in [0.5, 0.6) is 17.2 Å². The first kappa shape index (κ1) is 30.1. The highest BCUT2D eigenvalue weighted by atomic mass is 16.6. The summed E-state index contributed by atoms with van der Waals surface area (Å²) >= 11 is 0. The zero-order valence-corrected chi connectivity index (χ0v) is 27.1. The molecule has 2 bridgehead atoms. The molecule has 0 aromatic heterocycles. The lowest BCUT2D eigenvalue weighted by Gasteiger charge is -2.60. The zero-order valence-electron chi connectivity index (χ0n) is 27.1. The molecule has 2 aromatic rings. The number of piperidine rings is 1. The van der Waals surface area contributed by atoms with Gasteiger partial charge in [0.2, 0.25) is 0 Å². The van der Waals surface area contributed by atoms with E-state index in [0.717, 1.165) is 62.5 Å². The molecule has 3 fully saturated rings. The molecule has 2 aromatic carbocycles. The molecule has 0 unspecified atom stereocenters. The fourth-order valence-corrected chi connectivity index (χ4v) is 9.62. The van der Waals surface area contributed by atoms with Crippen LogP contribution in [0, 0.1) is 17.8 Å². The van der Waals surface area contributed by atoms with E-state index < -0.39 is 0 Å². The quantitative estimate of drug-likeness (QED) is 0.153. The van der Waals surface area contributed by atoms with E-state index in [1.165, 1.54) is 69.5 Å². The van der Waals surface area contributed by atoms with Gasteiger partial charge < -0.3 is 14.6 Å². The van der Waals surface area contributed by atoms with Gasteiger partial charge in [0.15, 0.2) is 11.5 Å². The van der Waals surface area contributed by atoms with Gasteiger partial charge in [-0.3, -0.25) is 14.6 Å². The van der Waals surface area contributed by atoms with E-state index in [9.17, 15) is 9.90 Å². The maximum absolute atomic E-state index is 12.2. The largest absolute Gasteiger partial charge is 0.508 e. The number of esters is 1. The summed E-state index contributed by atoms with van der Waals surface area (Å²) in [4.78, 5) is 17.7. The lowest BCUT2D eigenvalue weighted by Crippen LogP contribution is -2.69. The van der Waals surface area contributed by atoms with E-state index >= 15 is 0 Å². The van der Waals surface area contributed by atoms with Crippen molar-refractivity contribution >= 4 is 5.97 Å². The van der Waals surface area contributed by atoms with E-state index in [0.29, 0.717) is 29.7 Å². The second kappa shape index (κ2) is 12.3. The maximum Gasteiger partial charge on any atom is 0.308 e. The predicted molar refractivity (Wildman–Crippen MR) is 173 cm³/mol. The summed E-state index contributed by atoms with van der Waals surface area (Å²) in [7, 11) is 0. The van der Waals surface area contributed by atoms with Gasteiger partial charge in [0.05, 0.1) is 0 Å². The molecule has 5 atom stereocenters. The topological polar surface area (TPSA) is 62.2 Å². The Bertz CT molecular complexity index is 1340. The number of aromatic hydroxyl groups is 1.